The average Bonchev–Trinajstić information content (AvgIpc) is 1.98. The van der Waals surface area contributed by atoms with E-state index in [-0.39, 0.29) is 6.61 Å². The van der Waals surface area contributed by atoms with Crippen molar-refractivity contribution < 1.29 is 19.4 Å². The minimum absolute atomic E-state index is 0.0798. The van der Waals surface area contributed by atoms with Crippen LogP contribution in [-0.2, 0) is 14.3 Å². The summed E-state index contributed by atoms with van der Waals surface area (Å²) >= 11 is 0. The van der Waals surface area contributed by atoms with Crippen molar-refractivity contribution in [2.45, 2.75) is 13.8 Å². The van der Waals surface area contributed by atoms with Crippen molar-refractivity contribution >= 4 is 11.9 Å². The van der Waals surface area contributed by atoms with E-state index in [4.69, 9.17) is 5.11 Å². The van der Waals surface area contributed by atoms with Gasteiger partial charge in [-0.3, -0.25) is 9.59 Å². The van der Waals surface area contributed by atoms with Gasteiger partial charge in [-0.2, -0.15) is 0 Å². The van der Waals surface area contributed by atoms with Gasteiger partial charge in [-0.15, -0.1) is 0 Å². The molecule has 0 aromatic carbocycles. The van der Waals surface area contributed by atoms with Crippen LogP contribution in [0.15, 0.2) is 12.2 Å². The highest BCUT2D eigenvalue weighted by molar-refractivity contribution is 5.93. The van der Waals surface area contributed by atoms with E-state index in [1.54, 1.807) is 6.92 Å². The molecule has 0 saturated heterocycles. The van der Waals surface area contributed by atoms with Crippen LogP contribution in [0.1, 0.15) is 13.8 Å². The van der Waals surface area contributed by atoms with E-state index >= 15 is 0 Å². The van der Waals surface area contributed by atoms with Gasteiger partial charge in [-0.1, -0.05) is 6.58 Å². The molecule has 68 valence electrons. The average molecular weight is 172 g/mol. The highest BCUT2D eigenvalue weighted by atomic mass is 16.5. The summed E-state index contributed by atoms with van der Waals surface area (Å²) in [6.45, 7) is 6.56. The van der Waals surface area contributed by atoms with E-state index in [0.29, 0.717) is 5.57 Å². The fraction of sp³-hybridized carbons (Fsp3) is 0.500. The van der Waals surface area contributed by atoms with E-state index in [1.807, 2.05) is 0 Å². The van der Waals surface area contributed by atoms with Gasteiger partial charge in [0.2, 0.25) is 0 Å². The van der Waals surface area contributed by atoms with Crippen molar-refractivity contribution in [2.24, 2.45) is 5.92 Å². The molecule has 0 saturated carbocycles. The van der Waals surface area contributed by atoms with Crippen LogP contribution in [-0.4, -0.2) is 23.7 Å². The lowest BCUT2D eigenvalue weighted by atomic mass is 10.2. The summed E-state index contributed by atoms with van der Waals surface area (Å²) in [7, 11) is 0. The van der Waals surface area contributed by atoms with Crippen LogP contribution in [0.2, 0.25) is 0 Å². The van der Waals surface area contributed by atoms with E-state index in [1.165, 1.54) is 6.92 Å². The molecule has 1 atom stereocenters. The summed E-state index contributed by atoms with van der Waals surface area (Å²) in [4.78, 5) is 21.1. The molecule has 0 amide bonds. The standard InChI is InChI=1S/C8H12O4/c1-5(2)4-12-8(11)6(3)7(9)10/h6H,1,4H2,2-3H3,(H,9,10). The van der Waals surface area contributed by atoms with Crippen molar-refractivity contribution in [2.75, 3.05) is 6.61 Å². The second kappa shape index (κ2) is 4.54. The molecule has 0 rings (SSSR count). The molecule has 0 heterocycles. The van der Waals surface area contributed by atoms with Gasteiger partial charge in [0.25, 0.3) is 0 Å². The largest absolute Gasteiger partial charge is 0.481 e. The molecule has 0 aromatic heterocycles. The minimum atomic E-state index is -1.18. The normalized spacial score (nSPS) is 11.8. The van der Waals surface area contributed by atoms with Crippen molar-refractivity contribution in [3.63, 3.8) is 0 Å². The number of carbonyl (C=O) groups is 2. The Hall–Kier alpha value is -1.32. The molecule has 0 aliphatic heterocycles. The molecule has 4 heteroatoms. The third-order valence-electron chi connectivity index (χ3n) is 1.18. The lowest BCUT2D eigenvalue weighted by molar-refractivity contribution is -0.157. The zero-order chi connectivity index (χ0) is 9.72. The lowest BCUT2D eigenvalue weighted by Gasteiger charge is -2.06. The van der Waals surface area contributed by atoms with Crippen LogP contribution in [0.3, 0.4) is 0 Å². The van der Waals surface area contributed by atoms with E-state index < -0.39 is 17.9 Å². The number of hydrogen-bond acceptors (Lipinski definition) is 3. The van der Waals surface area contributed by atoms with Gasteiger partial charge in [-0.05, 0) is 19.4 Å². The minimum Gasteiger partial charge on any atom is -0.481 e. The predicted octanol–water partition coefficient (Wildman–Crippen LogP) is 0.826. The van der Waals surface area contributed by atoms with E-state index in [0.717, 1.165) is 0 Å². The Morgan fingerprint density at radius 2 is 2.08 bits per heavy atom. The van der Waals surface area contributed by atoms with Crippen molar-refractivity contribution in [3.05, 3.63) is 12.2 Å². The van der Waals surface area contributed by atoms with Crippen LogP contribution >= 0.6 is 0 Å². The second-order valence-corrected chi connectivity index (χ2v) is 2.62. The van der Waals surface area contributed by atoms with Gasteiger partial charge in [0.15, 0.2) is 5.92 Å². The Kier molecular flexibility index (Phi) is 4.04. The molecule has 0 radical (unpaired) electrons. The first kappa shape index (κ1) is 10.7. The summed E-state index contributed by atoms with van der Waals surface area (Å²) in [6, 6.07) is 0. The maximum absolute atomic E-state index is 10.8. The number of esters is 1. The smallest absolute Gasteiger partial charge is 0.320 e. The van der Waals surface area contributed by atoms with Gasteiger partial charge in [0.1, 0.15) is 6.61 Å². The van der Waals surface area contributed by atoms with E-state index in [9.17, 15) is 9.59 Å². The molecule has 1 N–H and O–H groups in total. The molecular formula is C8H12O4. The van der Waals surface area contributed by atoms with Crippen LogP contribution in [0.4, 0.5) is 0 Å². The number of carboxylic acids is 1. The summed E-state index contributed by atoms with van der Waals surface area (Å²) in [5, 5.41) is 8.39. The number of hydrogen-bond donors (Lipinski definition) is 1. The fourth-order valence-corrected chi connectivity index (χ4v) is 0.420. The molecule has 12 heavy (non-hydrogen) atoms. The number of ether oxygens (including phenoxy) is 1. The number of aliphatic carboxylic acids is 1. The van der Waals surface area contributed by atoms with Gasteiger partial charge < -0.3 is 9.84 Å². The third-order valence-corrected chi connectivity index (χ3v) is 1.18. The molecular weight excluding hydrogens is 160 g/mol. The molecule has 1 unspecified atom stereocenters. The molecule has 0 fully saturated rings. The van der Waals surface area contributed by atoms with Gasteiger partial charge >= 0.3 is 11.9 Å². The molecule has 4 nitrogen and oxygen atoms in total. The highest BCUT2D eigenvalue weighted by Gasteiger charge is 2.21. The summed E-state index contributed by atoms with van der Waals surface area (Å²) in [5.41, 5.74) is 0.681. The zero-order valence-electron chi connectivity index (χ0n) is 7.16. The topological polar surface area (TPSA) is 63.6 Å². The Morgan fingerprint density at radius 1 is 1.58 bits per heavy atom. The van der Waals surface area contributed by atoms with Crippen LogP contribution in [0.25, 0.3) is 0 Å². The molecule has 0 aromatic rings. The zero-order valence-corrected chi connectivity index (χ0v) is 7.16. The molecule has 0 aliphatic carbocycles. The molecule has 0 bridgehead atoms. The fourth-order valence-electron chi connectivity index (χ4n) is 0.420. The van der Waals surface area contributed by atoms with Crippen LogP contribution in [0, 0.1) is 5.92 Å². The number of rotatable bonds is 4. The van der Waals surface area contributed by atoms with Gasteiger partial charge in [-0.25, -0.2) is 0 Å². The second-order valence-electron chi connectivity index (χ2n) is 2.62. The number of carboxylic acid groups (broad SMARTS) is 1. The Labute approximate surface area is 70.8 Å². The summed E-state index contributed by atoms with van der Waals surface area (Å²) in [6.07, 6.45) is 0. The summed E-state index contributed by atoms with van der Waals surface area (Å²) < 4.78 is 4.61. The first-order valence-electron chi connectivity index (χ1n) is 3.49. The lowest BCUT2D eigenvalue weighted by Crippen LogP contribution is -2.23. The van der Waals surface area contributed by atoms with Gasteiger partial charge in [0.05, 0.1) is 0 Å². The Balaban J connectivity index is 3.88. The SMILES string of the molecule is C=C(C)COC(=O)C(C)C(=O)O. The van der Waals surface area contributed by atoms with Crippen molar-refractivity contribution in [1.82, 2.24) is 0 Å². The third kappa shape index (κ3) is 3.75. The maximum Gasteiger partial charge on any atom is 0.320 e. The predicted molar refractivity (Wildman–Crippen MR) is 42.6 cm³/mol. The maximum atomic E-state index is 10.8. The number of carbonyl (C=O) groups excluding carboxylic acids is 1. The van der Waals surface area contributed by atoms with Crippen LogP contribution in [0.5, 0.6) is 0 Å². The molecule has 0 spiro atoms. The van der Waals surface area contributed by atoms with Crippen LogP contribution < -0.4 is 0 Å². The van der Waals surface area contributed by atoms with Crippen molar-refractivity contribution in [3.8, 4) is 0 Å². The van der Waals surface area contributed by atoms with Crippen molar-refractivity contribution in [1.29, 1.82) is 0 Å². The van der Waals surface area contributed by atoms with E-state index in [2.05, 4.69) is 11.3 Å². The summed E-state index contributed by atoms with van der Waals surface area (Å²) in [5.74, 6) is -3.02. The monoisotopic (exact) mass is 172 g/mol. The van der Waals surface area contributed by atoms with Gasteiger partial charge in [0, 0.05) is 0 Å². The first-order valence-corrected chi connectivity index (χ1v) is 3.49. The molecule has 0 aliphatic rings. The Bertz CT molecular complexity index is 207. The first-order chi connectivity index (χ1) is 5.45. The Morgan fingerprint density at radius 3 is 2.42 bits per heavy atom. The highest BCUT2D eigenvalue weighted by Crippen LogP contribution is 2.00. The quantitative estimate of drug-likeness (QED) is 0.387.